The van der Waals surface area contributed by atoms with E-state index in [2.05, 4.69) is 44.5 Å². The van der Waals surface area contributed by atoms with E-state index in [1.807, 2.05) is 12.3 Å². The molecule has 0 aliphatic carbocycles. The number of piperazine rings is 1. The fourth-order valence-corrected chi connectivity index (χ4v) is 3.09. The Kier molecular flexibility index (Phi) is 4.04. The van der Waals surface area contributed by atoms with Crippen LogP contribution in [0.2, 0.25) is 0 Å². The van der Waals surface area contributed by atoms with Gasteiger partial charge >= 0.3 is 0 Å². The number of amidine groups is 1. The van der Waals surface area contributed by atoms with Crippen LogP contribution in [0, 0.1) is 0 Å². The zero-order valence-corrected chi connectivity index (χ0v) is 13.8. The van der Waals surface area contributed by atoms with Gasteiger partial charge in [0, 0.05) is 50.7 Å². The first-order valence-corrected chi connectivity index (χ1v) is 8.24. The third-order valence-electron chi connectivity index (χ3n) is 4.43. The van der Waals surface area contributed by atoms with E-state index in [1.54, 1.807) is 13.3 Å². The van der Waals surface area contributed by atoms with E-state index in [-0.39, 0.29) is 0 Å². The van der Waals surface area contributed by atoms with Crippen molar-refractivity contribution in [3.63, 3.8) is 0 Å². The molecule has 1 aromatic heterocycles. The van der Waals surface area contributed by atoms with E-state index in [0.29, 0.717) is 0 Å². The molecule has 1 aromatic rings. The molecule has 3 aliphatic heterocycles. The van der Waals surface area contributed by atoms with Crippen molar-refractivity contribution in [3.8, 4) is 5.75 Å². The lowest BCUT2D eigenvalue weighted by Crippen LogP contribution is -2.44. The van der Waals surface area contributed by atoms with Gasteiger partial charge < -0.3 is 19.9 Å². The molecule has 3 aliphatic rings. The summed E-state index contributed by atoms with van der Waals surface area (Å²) < 4.78 is 5.25. The topological polar surface area (TPSA) is 53.0 Å². The Morgan fingerprint density at radius 1 is 1.17 bits per heavy atom. The van der Waals surface area contributed by atoms with Gasteiger partial charge in [-0.1, -0.05) is 0 Å². The van der Waals surface area contributed by atoms with Crippen molar-refractivity contribution in [2.75, 3.05) is 39.8 Å². The first kappa shape index (κ1) is 15.0. The van der Waals surface area contributed by atoms with Crippen molar-refractivity contribution in [1.29, 1.82) is 0 Å². The maximum atomic E-state index is 5.25. The van der Waals surface area contributed by atoms with E-state index in [1.165, 1.54) is 5.70 Å². The van der Waals surface area contributed by atoms with Crippen molar-refractivity contribution in [2.45, 2.75) is 0 Å². The summed E-state index contributed by atoms with van der Waals surface area (Å²) in [6, 6.07) is 1.97. The van der Waals surface area contributed by atoms with Crippen LogP contribution in [0.3, 0.4) is 0 Å². The van der Waals surface area contributed by atoms with Crippen LogP contribution >= 0.6 is 0 Å². The van der Waals surface area contributed by atoms with E-state index < -0.39 is 0 Å². The van der Waals surface area contributed by atoms with Crippen LogP contribution in [0.5, 0.6) is 5.75 Å². The van der Waals surface area contributed by atoms with E-state index in [9.17, 15) is 0 Å². The molecule has 4 heterocycles. The van der Waals surface area contributed by atoms with Crippen molar-refractivity contribution in [1.82, 2.24) is 20.1 Å². The highest BCUT2D eigenvalue weighted by Gasteiger charge is 2.20. The second-order valence-electron chi connectivity index (χ2n) is 5.95. The third kappa shape index (κ3) is 2.92. The normalized spacial score (nSPS) is 20.1. The summed E-state index contributed by atoms with van der Waals surface area (Å²) in [6.45, 7) is 4.99. The molecule has 6 heteroatoms. The number of aliphatic imine (C=N–C) groups is 1. The number of allylic oxidation sites excluding steroid dienone is 1. The molecule has 0 atom stereocenters. The summed E-state index contributed by atoms with van der Waals surface area (Å²) in [5, 5.41) is 3.39. The number of aromatic nitrogens is 1. The second kappa shape index (κ2) is 6.49. The molecular formula is C18H21N5O. The van der Waals surface area contributed by atoms with Crippen LogP contribution in [0.25, 0.3) is 5.70 Å². The standard InChI is InChI=1S/C18H21N5O/c1-24-16-10-14(11-20-12-16)17-4-7-23-13-15(2-3-18(23)21-17)22-8-5-19-6-9-22/h2-4,10-13,19H,5-9H2,1H3. The summed E-state index contributed by atoms with van der Waals surface area (Å²) in [5.74, 6) is 1.71. The fourth-order valence-electron chi connectivity index (χ4n) is 3.09. The summed E-state index contributed by atoms with van der Waals surface area (Å²) in [5.41, 5.74) is 3.18. The number of hydrogen-bond acceptors (Lipinski definition) is 6. The zero-order chi connectivity index (χ0) is 16.4. The Hall–Kier alpha value is -2.60. The number of fused-ring (bicyclic) bond motifs is 1. The molecule has 4 rings (SSSR count). The van der Waals surface area contributed by atoms with Gasteiger partial charge in [-0.3, -0.25) is 4.98 Å². The molecule has 0 aromatic carbocycles. The van der Waals surface area contributed by atoms with Crippen LogP contribution in [0.4, 0.5) is 0 Å². The summed E-state index contributed by atoms with van der Waals surface area (Å²) in [7, 11) is 1.65. The quantitative estimate of drug-likeness (QED) is 0.913. The number of hydrogen-bond donors (Lipinski definition) is 1. The lowest BCUT2D eigenvalue weighted by atomic mass is 10.1. The molecule has 0 spiro atoms. The Labute approximate surface area is 141 Å². The van der Waals surface area contributed by atoms with Gasteiger partial charge in [-0.2, -0.15) is 0 Å². The van der Waals surface area contributed by atoms with Gasteiger partial charge in [-0.25, -0.2) is 4.99 Å². The summed E-state index contributed by atoms with van der Waals surface area (Å²) in [6.07, 6.45) is 12.1. The highest BCUT2D eigenvalue weighted by atomic mass is 16.5. The minimum absolute atomic E-state index is 0.746. The molecule has 6 nitrogen and oxygen atoms in total. The number of methoxy groups -OCH3 is 1. The van der Waals surface area contributed by atoms with Gasteiger partial charge in [-0.15, -0.1) is 0 Å². The predicted octanol–water partition coefficient (Wildman–Crippen LogP) is 1.46. The summed E-state index contributed by atoms with van der Waals surface area (Å²) in [4.78, 5) is 13.6. The third-order valence-corrected chi connectivity index (χ3v) is 4.43. The smallest absolute Gasteiger partial charge is 0.137 e. The van der Waals surface area contributed by atoms with E-state index in [0.717, 1.165) is 55.6 Å². The van der Waals surface area contributed by atoms with Crippen LogP contribution in [0.15, 0.2) is 53.6 Å². The molecular weight excluding hydrogens is 302 g/mol. The Morgan fingerprint density at radius 3 is 2.88 bits per heavy atom. The molecule has 1 fully saturated rings. The van der Waals surface area contributed by atoms with E-state index in [4.69, 9.17) is 9.73 Å². The molecule has 0 bridgehead atoms. The zero-order valence-electron chi connectivity index (χ0n) is 13.8. The lowest BCUT2D eigenvalue weighted by molar-refractivity contribution is 0.302. The van der Waals surface area contributed by atoms with Crippen molar-refractivity contribution in [3.05, 3.63) is 54.1 Å². The number of pyridine rings is 1. The number of nitrogens with one attached hydrogen (secondary N) is 1. The van der Waals surface area contributed by atoms with Crippen LogP contribution < -0.4 is 10.1 Å². The van der Waals surface area contributed by atoms with Crippen molar-refractivity contribution < 1.29 is 4.74 Å². The van der Waals surface area contributed by atoms with Gasteiger partial charge in [0.15, 0.2) is 0 Å². The maximum Gasteiger partial charge on any atom is 0.137 e. The lowest BCUT2D eigenvalue weighted by Gasteiger charge is -2.34. The molecule has 24 heavy (non-hydrogen) atoms. The molecule has 0 saturated carbocycles. The fraction of sp³-hybridized carbons (Fsp3) is 0.333. The van der Waals surface area contributed by atoms with Crippen LogP contribution in [0.1, 0.15) is 5.56 Å². The van der Waals surface area contributed by atoms with Gasteiger partial charge in [0.1, 0.15) is 11.6 Å². The molecule has 124 valence electrons. The van der Waals surface area contributed by atoms with Gasteiger partial charge in [-0.05, 0) is 24.3 Å². The van der Waals surface area contributed by atoms with Crippen LogP contribution in [-0.4, -0.2) is 60.5 Å². The molecule has 0 amide bonds. The average Bonchev–Trinajstić information content (AvgIpc) is 2.68. The largest absolute Gasteiger partial charge is 0.495 e. The highest BCUT2D eigenvalue weighted by molar-refractivity contribution is 6.00. The molecule has 0 unspecified atom stereocenters. The Morgan fingerprint density at radius 2 is 2.04 bits per heavy atom. The van der Waals surface area contributed by atoms with Crippen molar-refractivity contribution >= 4 is 11.5 Å². The van der Waals surface area contributed by atoms with Gasteiger partial charge in [0.2, 0.25) is 0 Å². The second-order valence-corrected chi connectivity index (χ2v) is 5.95. The Bertz CT molecular complexity index is 744. The predicted molar refractivity (Wildman–Crippen MR) is 94.6 cm³/mol. The first-order chi connectivity index (χ1) is 11.8. The van der Waals surface area contributed by atoms with Crippen LogP contribution in [-0.2, 0) is 0 Å². The van der Waals surface area contributed by atoms with Crippen molar-refractivity contribution in [2.24, 2.45) is 4.99 Å². The van der Waals surface area contributed by atoms with E-state index >= 15 is 0 Å². The molecule has 1 N–H and O–H groups in total. The molecule has 0 radical (unpaired) electrons. The number of nitrogens with zero attached hydrogens (tertiary/aromatic N) is 4. The minimum atomic E-state index is 0.746. The molecule has 1 saturated heterocycles. The number of ether oxygens (including phenoxy) is 1. The van der Waals surface area contributed by atoms with Gasteiger partial charge in [0.05, 0.1) is 24.7 Å². The maximum absolute atomic E-state index is 5.25. The minimum Gasteiger partial charge on any atom is -0.495 e. The van der Waals surface area contributed by atoms with Gasteiger partial charge in [0.25, 0.3) is 0 Å². The Balaban J connectivity index is 1.53. The average molecular weight is 323 g/mol. The first-order valence-electron chi connectivity index (χ1n) is 8.24. The number of rotatable bonds is 3. The SMILES string of the molecule is COc1cncc(C2=CCN3C=C(N4CCNCC4)C=CC3=N2)c1. The monoisotopic (exact) mass is 323 g/mol. The summed E-state index contributed by atoms with van der Waals surface area (Å²) >= 11 is 0. The highest BCUT2D eigenvalue weighted by Crippen LogP contribution is 2.25.